The number of para-hydroxylation sites is 1. The molecule has 0 spiro atoms. The van der Waals surface area contributed by atoms with Crippen molar-refractivity contribution < 1.29 is 4.74 Å². The minimum atomic E-state index is -0.0564. The smallest absolute Gasteiger partial charge is 0.225 e. The lowest BCUT2D eigenvalue weighted by Crippen LogP contribution is -2.35. The van der Waals surface area contributed by atoms with Crippen LogP contribution in [-0.4, -0.2) is 35.3 Å². The zero-order chi connectivity index (χ0) is 14.7. The van der Waals surface area contributed by atoms with Crippen molar-refractivity contribution in [2.24, 2.45) is 0 Å². The molecule has 0 aliphatic carbocycles. The van der Waals surface area contributed by atoms with Crippen LogP contribution in [0.25, 0.3) is 10.9 Å². The van der Waals surface area contributed by atoms with E-state index in [2.05, 4.69) is 40.5 Å². The van der Waals surface area contributed by atoms with Gasteiger partial charge in [-0.05, 0) is 31.9 Å². The van der Waals surface area contributed by atoms with Crippen LogP contribution < -0.4 is 10.6 Å². The second-order valence-electron chi connectivity index (χ2n) is 5.83. The summed E-state index contributed by atoms with van der Waals surface area (Å²) in [5, 5.41) is 7.88. The lowest BCUT2D eigenvalue weighted by Gasteiger charge is -2.25. The Morgan fingerprint density at radius 3 is 2.90 bits per heavy atom. The van der Waals surface area contributed by atoms with Gasteiger partial charge in [-0.2, -0.15) is 4.98 Å². The molecule has 0 bridgehead atoms. The van der Waals surface area contributed by atoms with Gasteiger partial charge in [0.25, 0.3) is 0 Å². The minimum absolute atomic E-state index is 0.0564. The highest BCUT2D eigenvalue weighted by Crippen LogP contribution is 2.28. The first-order valence-electron chi connectivity index (χ1n) is 7.57. The third-order valence-corrected chi connectivity index (χ3v) is 3.78. The highest BCUT2D eigenvalue weighted by Gasteiger charge is 2.30. The molecule has 1 aromatic heterocycles. The third kappa shape index (κ3) is 3.08. The molecule has 2 N–H and O–H groups in total. The van der Waals surface area contributed by atoms with Crippen LogP contribution in [0.15, 0.2) is 24.3 Å². The maximum Gasteiger partial charge on any atom is 0.225 e. The van der Waals surface area contributed by atoms with Crippen molar-refractivity contribution in [1.29, 1.82) is 0 Å². The molecule has 1 aromatic carbocycles. The van der Waals surface area contributed by atoms with Crippen LogP contribution in [0.1, 0.15) is 26.7 Å². The lowest BCUT2D eigenvalue weighted by atomic mass is 10.0. The monoisotopic (exact) mass is 286 g/mol. The van der Waals surface area contributed by atoms with Crippen molar-refractivity contribution in [1.82, 2.24) is 9.97 Å². The number of benzene rings is 1. The quantitative estimate of drug-likeness (QED) is 0.884. The molecule has 1 unspecified atom stereocenters. The van der Waals surface area contributed by atoms with Crippen LogP contribution in [-0.2, 0) is 4.74 Å². The molecule has 112 valence electrons. The van der Waals surface area contributed by atoms with Gasteiger partial charge in [0.05, 0.1) is 17.7 Å². The number of nitrogens with zero attached hydrogens (tertiary/aromatic N) is 2. The fourth-order valence-electron chi connectivity index (χ4n) is 2.54. The number of nitrogens with one attached hydrogen (secondary N) is 2. The first-order chi connectivity index (χ1) is 10.2. The first kappa shape index (κ1) is 14.1. The van der Waals surface area contributed by atoms with Gasteiger partial charge in [0.15, 0.2) is 0 Å². The minimum Gasteiger partial charge on any atom is -0.379 e. The molecule has 21 heavy (non-hydrogen) atoms. The summed E-state index contributed by atoms with van der Waals surface area (Å²) >= 11 is 0. The second-order valence-corrected chi connectivity index (χ2v) is 5.83. The van der Waals surface area contributed by atoms with Crippen LogP contribution >= 0.6 is 0 Å². The van der Waals surface area contributed by atoms with E-state index in [4.69, 9.17) is 4.74 Å². The van der Waals surface area contributed by atoms with E-state index in [0.29, 0.717) is 12.6 Å². The maximum atomic E-state index is 5.52. The van der Waals surface area contributed by atoms with Crippen molar-refractivity contribution >= 4 is 22.7 Å². The second kappa shape index (κ2) is 5.85. The standard InChI is InChI=1S/C16H22N4O/c1-3-9-17-15-18-13-7-5-4-6-12(13)14(19-15)20-16(2)8-10-21-11-16/h4-7H,3,8-11H2,1-2H3,(H2,17,18,19,20). The van der Waals surface area contributed by atoms with E-state index >= 15 is 0 Å². The van der Waals surface area contributed by atoms with Gasteiger partial charge < -0.3 is 15.4 Å². The summed E-state index contributed by atoms with van der Waals surface area (Å²) in [6.45, 7) is 6.69. The number of anilines is 2. The van der Waals surface area contributed by atoms with E-state index in [1.165, 1.54) is 0 Å². The molecule has 0 saturated carbocycles. The van der Waals surface area contributed by atoms with Gasteiger partial charge in [-0.15, -0.1) is 0 Å². The summed E-state index contributed by atoms with van der Waals surface area (Å²) < 4.78 is 5.52. The Kier molecular flexibility index (Phi) is 3.92. The molecule has 0 radical (unpaired) electrons. The van der Waals surface area contributed by atoms with Gasteiger partial charge >= 0.3 is 0 Å². The summed E-state index contributed by atoms with van der Waals surface area (Å²) in [4.78, 5) is 9.24. The molecule has 2 heterocycles. The average Bonchev–Trinajstić information content (AvgIpc) is 2.91. The van der Waals surface area contributed by atoms with Crippen LogP contribution in [0.4, 0.5) is 11.8 Å². The molecule has 5 nitrogen and oxygen atoms in total. The van der Waals surface area contributed by atoms with Crippen LogP contribution in [0, 0.1) is 0 Å². The molecule has 1 atom stereocenters. The number of rotatable bonds is 5. The number of hydrogen-bond acceptors (Lipinski definition) is 5. The van der Waals surface area contributed by atoms with Crippen molar-refractivity contribution in [2.45, 2.75) is 32.2 Å². The Morgan fingerprint density at radius 2 is 2.14 bits per heavy atom. The van der Waals surface area contributed by atoms with Crippen molar-refractivity contribution in [3.63, 3.8) is 0 Å². The van der Waals surface area contributed by atoms with E-state index in [1.807, 2.05) is 18.2 Å². The van der Waals surface area contributed by atoms with Gasteiger partial charge in [-0.1, -0.05) is 19.1 Å². The van der Waals surface area contributed by atoms with Gasteiger partial charge in [0.2, 0.25) is 5.95 Å². The van der Waals surface area contributed by atoms with Crippen LogP contribution in [0.2, 0.25) is 0 Å². The molecule has 1 aliphatic heterocycles. The Bertz CT molecular complexity index is 623. The molecule has 2 aromatic rings. The van der Waals surface area contributed by atoms with Crippen molar-refractivity contribution in [3.8, 4) is 0 Å². The van der Waals surface area contributed by atoms with Gasteiger partial charge in [0.1, 0.15) is 5.82 Å². The number of aromatic nitrogens is 2. The lowest BCUT2D eigenvalue weighted by molar-refractivity contribution is 0.185. The highest BCUT2D eigenvalue weighted by molar-refractivity contribution is 5.90. The average molecular weight is 286 g/mol. The van der Waals surface area contributed by atoms with E-state index in [1.54, 1.807) is 0 Å². The fourth-order valence-corrected chi connectivity index (χ4v) is 2.54. The molecule has 5 heteroatoms. The highest BCUT2D eigenvalue weighted by atomic mass is 16.5. The SMILES string of the molecule is CCCNc1nc(NC2(C)CCOC2)c2ccccc2n1. The Morgan fingerprint density at radius 1 is 1.29 bits per heavy atom. The topological polar surface area (TPSA) is 59.1 Å². The van der Waals surface area contributed by atoms with Crippen molar-refractivity contribution in [2.75, 3.05) is 30.4 Å². The van der Waals surface area contributed by atoms with E-state index < -0.39 is 0 Å². The van der Waals surface area contributed by atoms with Gasteiger partial charge in [-0.25, -0.2) is 4.98 Å². The summed E-state index contributed by atoms with van der Waals surface area (Å²) in [6.07, 6.45) is 2.04. The molecule has 1 saturated heterocycles. The van der Waals surface area contributed by atoms with E-state index in [-0.39, 0.29) is 5.54 Å². The largest absolute Gasteiger partial charge is 0.379 e. The first-order valence-corrected chi connectivity index (χ1v) is 7.57. The molecule has 0 amide bonds. The zero-order valence-electron chi connectivity index (χ0n) is 12.6. The number of ether oxygens (including phenoxy) is 1. The van der Waals surface area contributed by atoms with Gasteiger partial charge in [-0.3, -0.25) is 0 Å². The molecular formula is C16H22N4O. The maximum absolute atomic E-state index is 5.52. The molecule has 1 aliphatic rings. The molecule has 1 fully saturated rings. The normalized spacial score (nSPS) is 21.6. The van der Waals surface area contributed by atoms with Gasteiger partial charge in [0, 0.05) is 18.5 Å². The fraction of sp³-hybridized carbons (Fsp3) is 0.500. The third-order valence-electron chi connectivity index (χ3n) is 3.78. The Labute approximate surface area is 125 Å². The van der Waals surface area contributed by atoms with E-state index in [9.17, 15) is 0 Å². The summed E-state index contributed by atoms with van der Waals surface area (Å²) in [5.41, 5.74) is 0.898. The number of hydrogen-bond donors (Lipinski definition) is 2. The summed E-state index contributed by atoms with van der Waals surface area (Å²) in [6, 6.07) is 8.10. The molecular weight excluding hydrogens is 264 g/mol. The van der Waals surface area contributed by atoms with Crippen LogP contribution in [0.5, 0.6) is 0 Å². The molecule has 3 rings (SSSR count). The number of fused-ring (bicyclic) bond motifs is 1. The van der Waals surface area contributed by atoms with E-state index in [0.717, 1.165) is 42.7 Å². The predicted octanol–water partition coefficient (Wildman–Crippen LogP) is 3.04. The zero-order valence-corrected chi connectivity index (χ0v) is 12.6. The van der Waals surface area contributed by atoms with Crippen LogP contribution in [0.3, 0.4) is 0 Å². The summed E-state index contributed by atoms with van der Waals surface area (Å²) in [5.74, 6) is 1.56. The Hall–Kier alpha value is -1.88. The Balaban J connectivity index is 1.97. The van der Waals surface area contributed by atoms with Crippen molar-refractivity contribution in [3.05, 3.63) is 24.3 Å². The predicted molar refractivity (Wildman–Crippen MR) is 85.8 cm³/mol. The summed E-state index contributed by atoms with van der Waals surface area (Å²) in [7, 11) is 0.